The average Bonchev–Trinajstić information content (AvgIpc) is 3.06. The van der Waals surface area contributed by atoms with Crippen LogP contribution >= 0.6 is 11.3 Å². The van der Waals surface area contributed by atoms with E-state index in [4.69, 9.17) is 4.74 Å². The minimum absolute atomic E-state index is 0.0594. The molecule has 162 valence electrons. The molecular weight excluding hydrogens is 436 g/mol. The number of hydrogen-bond donors (Lipinski definition) is 0. The van der Waals surface area contributed by atoms with E-state index in [9.17, 15) is 27.2 Å². The highest BCUT2D eigenvalue weighted by molar-refractivity contribution is 7.17. The zero-order chi connectivity index (χ0) is 22.0. The van der Waals surface area contributed by atoms with Crippen LogP contribution in [0.1, 0.15) is 5.56 Å². The second-order valence-corrected chi connectivity index (χ2v) is 8.98. The fourth-order valence-corrected chi connectivity index (χ4v) is 5.04. The maximum atomic E-state index is 13.7. The van der Waals surface area contributed by atoms with E-state index in [1.807, 2.05) is 0 Å². The van der Waals surface area contributed by atoms with Crippen LogP contribution in [0.25, 0.3) is 21.2 Å². The molecule has 2 saturated heterocycles. The summed E-state index contributed by atoms with van der Waals surface area (Å²) in [5, 5.41) is 1.79. The van der Waals surface area contributed by atoms with Crippen molar-refractivity contribution in [2.24, 2.45) is 5.41 Å². The summed E-state index contributed by atoms with van der Waals surface area (Å²) in [5.41, 5.74) is -1.42. The Morgan fingerprint density at radius 3 is 2.58 bits per heavy atom. The Kier molecular flexibility index (Phi) is 4.49. The van der Waals surface area contributed by atoms with Crippen molar-refractivity contribution in [1.82, 2.24) is 9.47 Å². The predicted octanol–water partition coefficient (Wildman–Crippen LogP) is 3.75. The van der Waals surface area contributed by atoms with Gasteiger partial charge >= 0.3 is 6.18 Å². The lowest BCUT2D eigenvalue weighted by Crippen LogP contribution is -2.67. The highest BCUT2D eigenvalue weighted by Crippen LogP contribution is 2.38. The molecule has 4 heterocycles. The van der Waals surface area contributed by atoms with Crippen LogP contribution in [0.15, 0.2) is 40.6 Å². The number of nitrogens with zero attached hydrogens (tertiary/aromatic N) is 2. The van der Waals surface area contributed by atoms with Gasteiger partial charge in [-0.15, -0.1) is 11.3 Å². The molecule has 0 atom stereocenters. The van der Waals surface area contributed by atoms with Gasteiger partial charge in [0, 0.05) is 34.9 Å². The summed E-state index contributed by atoms with van der Waals surface area (Å²) in [7, 11) is 0. The Hall–Kier alpha value is -2.72. The molecule has 0 unspecified atom stereocenters. The largest absolute Gasteiger partial charge is 0.419 e. The van der Waals surface area contributed by atoms with Crippen molar-refractivity contribution in [2.45, 2.75) is 12.7 Å². The topological polar surface area (TPSA) is 51.5 Å². The lowest BCUT2D eigenvalue weighted by atomic mass is 9.78. The number of halogens is 4. The number of thiophene rings is 1. The van der Waals surface area contributed by atoms with Crippen LogP contribution in [0.5, 0.6) is 0 Å². The van der Waals surface area contributed by atoms with E-state index >= 15 is 0 Å². The van der Waals surface area contributed by atoms with Crippen molar-refractivity contribution in [1.29, 1.82) is 0 Å². The standard InChI is InChI=1S/C21H16F4N2O3S/c22-15-2-1-12(5-14(15)21(23,24)25)13-7-31-16-3-4-26(19(29)18(13)16)6-17(28)27-8-20(9-27)10-30-11-20/h1-5,7H,6,8-11H2. The number of amides is 1. The van der Waals surface area contributed by atoms with Crippen LogP contribution in [0.3, 0.4) is 0 Å². The van der Waals surface area contributed by atoms with Crippen molar-refractivity contribution in [2.75, 3.05) is 26.3 Å². The Morgan fingerprint density at radius 1 is 1.19 bits per heavy atom. The molecule has 5 rings (SSSR count). The number of alkyl halides is 3. The number of fused-ring (bicyclic) bond motifs is 1. The number of likely N-dealkylation sites (tertiary alicyclic amines) is 1. The van der Waals surface area contributed by atoms with Crippen molar-refractivity contribution < 1.29 is 27.1 Å². The molecule has 1 amide bonds. The van der Waals surface area contributed by atoms with Crippen molar-refractivity contribution in [3.05, 3.63) is 57.6 Å². The number of aromatic nitrogens is 1. The van der Waals surface area contributed by atoms with Crippen LogP contribution in [-0.4, -0.2) is 41.7 Å². The zero-order valence-corrected chi connectivity index (χ0v) is 16.9. The molecule has 2 fully saturated rings. The Bertz CT molecular complexity index is 1250. The van der Waals surface area contributed by atoms with E-state index in [1.54, 1.807) is 16.3 Å². The van der Waals surface area contributed by atoms with Gasteiger partial charge in [0.25, 0.3) is 5.56 Å². The number of hydrogen-bond acceptors (Lipinski definition) is 4. The number of carbonyl (C=O) groups excluding carboxylic acids is 1. The van der Waals surface area contributed by atoms with Gasteiger partial charge in [0.1, 0.15) is 12.4 Å². The van der Waals surface area contributed by atoms with Gasteiger partial charge in [0.05, 0.1) is 29.6 Å². The predicted molar refractivity (Wildman–Crippen MR) is 106 cm³/mol. The molecule has 0 aliphatic carbocycles. The van der Waals surface area contributed by atoms with Gasteiger partial charge in [-0.3, -0.25) is 9.59 Å². The molecule has 31 heavy (non-hydrogen) atoms. The Morgan fingerprint density at radius 2 is 1.94 bits per heavy atom. The zero-order valence-electron chi connectivity index (χ0n) is 16.0. The maximum absolute atomic E-state index is 13.7. The summed E-state index contributed by atoms with van der Waals surface area (Å²) in [5.74, 6) is -1.57. The fourth-order valence-electron chi connectivity index (χ4n) is 4.09. The summed E-state index contributed by atoms with van der Waals surface area (Å²) >= 11 is 1.20. The molecule has 2 aromatic heterocycles. The minimum Gasteiger partial charge on any atom is -0.380 e. The number of ether oxygens (including phenoxy) is 1. The van der Waals surface area contributed by atoms with E-state index in [0.717, 1.165) is 6.07 Å². The quantitative estimate of drug-likeness (QED) is 0.569. The molecule has 1 spiro atoms. The molecule has 2 aliphatic rings. The van der Waals surface area contributed by atoms with Crippen LogP contribution in [-0.2, 0) is 22.3 Å². The van der Waals surface area contributed by atoms with Crippen molar-refractivity contribution in [3.63, 3.8) is 0 Å². The first-order chi connectivity index (χ1) is 14.7. The third-order valence-corrected chi connectivity index (χ3v) is 6.76. The first kappa shape index (κ1) is 20.2. The third-order valence-electron chi connectivity index (χ3n) is 5.81. The number of carbonyl (C=O) groups is 1. The second-order valence-electron chi connectivity index (χ2n) is 8.07. The average molecular weight is 452 g/mol. The van der Waals surface area contributed by atoms with Gasteiger partial charge in [-0.1, -0.05) is 6.07 Å². The highest BCUT2D eigenvalue weighted by atomic mass is 32.1. The highest BCUT2D eigenvalue weighted by Gasteiger charge is 2.50. The first-order valence-electron chi connectivity index (χ1n) is 9.50. The molecule has 1 aromatic carbocycles. The summed E-state index contributed by atoms with van der Waals surface area (Å²) in [6.45, 7) is 2.32. The monoisotopic (exact) mass is 452 g/mol. The van der Waals surface area contributed by atoms with Gasteiger partial charge in [0.15, 0.2) is 0 Å². The SMILES string of the molecule is O=C(Cn1ccc2scc(-c3ccc(F)c(C(F)(F)F)c3)c2c1=O)N1CC2(COC2)C1. The molecule has 10 heteroatoms. The van der Waals surface area contributed by atoms with Crippen molar-refractivity contribution >= 4 is 27.3 Å². The summed E-state index contributed by atoms with van der Waals surface area (Å²) in [6, 6.07) is 4.33. The normalized spacial score (nSPS) is 17.6. The molecule has 0 radical (unpaired) electrons. The molecule has 0 saturated carbocycles. The number of benzene rings is 1. The molecule has 0 N–H and O–H groups in total. The molecular formula is C21H16F4N2O3S. The fraction of sp³-hybridized carbons (Fsp3) is 0.333. The van der Waals surface area contributed by atoms with Gasteiger partial charge < -0.3 is 14.2 Å². The van der Waals surface area contributed by atoms with Gasteiger partial charge in [-0.2, -0.15) is 13.2 Å². The van der Waals surface area contributed by atoms with Crippen LogP contribution in [0.2, 0.25) is 0 Å². The Balaban J connectivity index is 1.48. The number of rotatable bonds is 3. The number of pyridine rings is 1. The van der Waals surface area contributed by atoms with E-state index in [0.29, 0.717) is 37.1 Å². The third kappa shape index (κ3) is 3.34. The van der Waals surface area contributed by atoms with Crippen LogP contribution < -0.4 is 5.56 Å². The Labute approximate surface area is 177 Å². The molecule has 0 bridgehead atoms. The smallest absolute Gasteiger partial charge is 0.380 e. The van der Waals surface area contributed by atoms with Gasteiger partial charge in [0.2, 0.25) is 5.91 Å². The molecule has 5 nitrogen and oxygen atoms in total. The molecule has 3 aromatic rings. The maximum Gasteiger partial charge on any atom is 0.419 e. The minimum atomic E-state index is -4.85. The lowest BCUT2D eigenvalue weighted by Gasteiger charge is -2.54. The van der Waals surface area contributed by atoms with Gasteiger partial charge in [-0.25, -0.2) is 4.39 Å². The summed E-state index contributed by atoms with van der Waals surface area (Å²) < 4.78 is 60.1. The van der Waals surface area contributed by atoms with Crippen LogP contribution in [0.4, 0.5) is 17.6 Å². The van der Waals surface area contributed by atoms with Crippen molar-refractivity contribution in [3.8, 4) is 11.1 Å². The second kappa shape index (κ2) is 6.89. The van der Waals surface area contributed by atoms with Crippen LogP contribution in [0, 0.1) is 11.2 Å². The molecule has 2 aliphatic heterocycles. The van der Waals surface area contributed by atoms with E-state index in [-0.39, 0.29) is 34.4 Å². The van der Waals surface area contributed by atoms with E-state index in [1.165, 1.54) is 28.2 Å². The van der Waals surface area contributed by atoms with E-state index in [2.05, 4.69) is 0 Å². The van der Waals surface area contributed by atoms with Gasteiger partial charge in [-0.05, 0) is 23.8 Å². The van der Waals surface area contributed by atoms with E-state index < -0.39 is 23.1 Å². The first-order valence-corrected chi connectivity index (χ1v) is 10.4. The summed E-state index contributed by atoms with van der Waals surface area (Å²) in [6.07, 6.45) is -3.34. The lowest BCUT2D eigenvalue weighted by molar-refractivity contribution is -0.195. The summed E-state index contributed by atoms with van der Waals surface area (Å²) in [4.78, 5) is 27.3.